The number of nitrogens with zero attached hydrogens (tertiary/aromatic N) is 1. The zero-order valence-electron chi connectivity index (χ0n) is 6.25. The van der Waals surface area contributed by atoms with E-state index < -0.39 is 0 Å². The Kier molecular flexibility index (Phi) is 3.22. The lowest BCUT2D eigenvalue weighted by Crippen LogP contribution is -1.97. The van der Waals surface area contributed by atoms with Crippen molar-refractivity contribution in [1.82, 2.24) is 0 Å². The Labute approximate surface area is 61.0 Å². The molecule has 0 aromatic heterocycles. The van der Waals surface area contributed by atoms with Gasteiger partial charge in [0, 0.05) is 13.3 Å². The maximum absolute atomic E-state index is 4.87. The molecule has 0 unspecified atom stereocenters. The molecule has 0 saturated heterocycles. The summed E-state index contributed by atoms with van der Waals surface area (Å²) in [5.41, 5.74) is 0. The Bertz CT molecular complexity index is 110. The Morgan fingerprint density at radius 1 is 1.50 bits per heavy atom. The summed E-state index contributed by atoms with van der Waals surface area (Å²) in [4.78, 5) is 4.87. The highest BCUT2D eigenvalue weighted by molar-refractivity contribution is 5.62. The Balaban J connectivity index is 1.83. The molecule has 0 amide bonds. The minimum atomic E-state index is 0.555. The fourth-order valence-corrected chi connectivity index (χ4v) is 0.548. The van der Waals surface area contributed by atoms with Crippen LogP contribution in [0.2, 0.25) is 0 Å². The third-order valence-corrected chi connectivity index (χ3v) is 1.35. The smallest absolute Gasteiger partial charge is 0.140 e. The van der Waals surface area contributed by atoms with E-state index in [4.69, 9.17) is 9.57 Å². The topological polar surface area (TPSA) is 30.8 Å². The molecule has 3 nitrogen and oxygen atoms in total. The van der Waals surface area contributed by atoms with Crippen molar-refractivity contribution >= 4 is 6.21 Å². The van der Waals surface area contributed by atoms with Gasteiger partial charge in [-0.05, 0) is 18.8 Å². The molecule has 0 radical (unpaired) electrons. The van der Waals surface area contributed by atoms with E-state index in [1.807, 2.05) is 6.21 Å². The van der Waals surface area contributed by atoms with Crippen LogP contribution in [0.1, 0.15) is 12.8 Å². The Morgan fingerprint density at radius 3 is 2.90 bits per heavy atom. The zero-order valence-corrected chi connectivity index (χ0v) is 6.25. The second-order valence-corrected chi connectivity index (χ2v) is 2.42. The molecule has 1 fully saturated rings. The van der Waals surface area contributed by atoms with Gasteiger partial charge in [0.25, 0.3) is 0 Å². The lowest BCUT2D eigenvalue weighted by Gasteiger charge is -1.95. The van der Waals surface area contributed by atoms with Crippen molar-refractivity contribution in [1.29, 1.82) is 0 Å². The molecule has 0 spiro atoms. The van der Waals surface area contributed by atoms with Gasteiger partial charge in [-0.25, -0.2) is 0 Å². The summed E-state index contributed by atoms with van der Waals surface area (Å²) in [5, 5.41) is 3.77. The summed E-state index contributed by atoms with van der Waals surface area (Å²) in [5.74, 6) is 0.697. The maximum Gasteiger partial charge on any atom is 0.140 e. The van der Waals surface area contributed by atoms with E-state index in [0.29, 0.717) is 19.1 Å². The standard InChI is InChI=1S/C7H13NO2/c1-9-4-5-10-8-6-7-2-3-7/h6-7H,2-5H2,1H3/b8-6-. The predicted molar refractivity (Wildman–Crippen MR) is 39.0 cm³/mol. The molecule has 0 heterocycles. The van der Waals surface area contributed by atoms with Gasteiger partial charge in [-0.2, -0.15) is 0 Å². The molecule has 10 heavy (non-hydrogen) atoms. The maximum atomic E-state index is 4.87. The van der Waals surface area contributed by atoms with Crippen LogP contribution < -0.4 is 0 Å². The molecule has 1 saturated carbocycles. The van der Waals surface area contributed by atoms with Gasteiger partial charge in [-0.3, -0.25) is 0 Å². The molecular weight excluding hydrogens is 130 g/mol. The van der Waals surface area contributed by atoms with Crippen molar-refractivity contribution < 1.29 is 9.57 Å². The molecule has 0 N–H and O–H groups in total. The van der Waals surface area contributed by atoms with Crippen LogP contribution in [-0.2, 0) is 9.57 Å². The first-order valence-electron chi connectivity index (χ1n) is 3.58. The number of oxime groups is 1. The van der Waals surface area contributed by atoms with Crippen molar-refractivity contribution in [2.45, 2.75) is 12.8 Å². The summed E-state index contributed by atoms with van der Waals surface area (Å²) < 4.78 is 4.77. The zero-order chi connectivity index (χ0) is 7.23. The van der Waals surface area contributed by atoms with E-state index in [0.717, 1.165) is 0 Å². The third-order valence-electron chi connectivity index (χ3n) is 1.35. The summed E-state index contributed by atoms with van der Waals surface area (Å²) in [6, 6.07) is 0. The first kappa shape index (κ1) is 7.54. The normalized spacial score (nSPS) is 18.1. The third kappa shape index (κ3) is 3.45. The SMILES string of the molecule is COCCO/N=C\C1CC1. The predicted octanol–water partition coefficient (Wildman–Crippen LogP) is 1.05. The van der Waals surface area contributed by atoms with Crippen LogP contribution >= 0.6 is 0 Å². The van der Waals surface area contributed by atoms with Gasteiger partial charge in [0.05, 0.1) is 6.61 Å². The van der Waals surface area contributed by atoms with E-state index in [1.165, 1.54) is 12.8 Å². The molecule has 0 aromatic carbocycles. The van der Waals surface area contributed by atoms with Crippen molar-refractivity contribution in [2.24, 2.45) is 11.1 Å². The highest BCUT2D eigenvalue weighted by atomic mass is 16.6. The van der Waals surface area contributed by atoms with E-state index in [1.54, 1.807) is 7.11 Å². The van der Waals surface area contributed by atoms with Gasteiger partial charge >= 0.3 is 0 Å². The first-order valence-corrected chi connectivity index (χ1v) is 3.58. The highest BCUT2D eigenvalue weighted by Crippen LogP contribution is 2.26. The van der Waals surface area contributed by atoms with Gasteiger partial charge in [0.15, 0.2) is 0 Å². The number of hydrogen-bond donors (Lipinski definition) is 0. The lowest BCUT2D eigenvalue weighted by atomic mass is 10.5. The molecule has 1 aliphatic carbocycles. The second-order valence-electron chi connectivity index (χ2n) is 2.42. The molecule has 0 atom stereocenters. The summed E-state index contributed by atoms with van der Waals surface area (Å²) >= 11 is 0. The van der Waals surface area contributed by atoms with Gasteiger partial charge < -0.3 is 9.57 Å². The van der Waals surface area contributed by atoms with E-state index in [-0.39, 0.29) is 0 Å². The van der Waals surface area contributed by atoms with E-state index >= 15 is 0 Å². The average Bonchev–Trinajstić information content (AvgIpc) is 2.71. The van der Waals surface area contributed by atoms with Gasteiger partial charge in [0.1, 0.15) is 6.61 Å². The first-order chi connectivity index (χ1) is 4.93. The molecule has 1 rings (SSSR count). The molecule has 3 heteroatoms. The van der Waals surface area contributed by atoms with Gasteiger partial charge in [-0.1, -0.05) is 5.16 Å². The number of ether oxygens (including phenoxy) is 1. The van der Waals surface area contributed by atoms with Crippen LogP contribution in [0.3, 0.4) is 0 Å². The van der Waals surface area contributed by atoms with E-state index in [9.17, 15) is 0 Å². The average molecular weight is 143 g/mol. The van der Waals surface area contributed by atoms with Crippen molar-refractivity contribution in [3.63, 3.8) is 0 Å². The molecule has 0 bridgehead atoms. The van der Waals surface area contributed by atoms with Gasteiger partial charge in [-0.15, -0.1) is 0 Å². The van der Waals surface area contributed by atoms with Gasteiger partial charge in [0.2, 0.25) is 0 Å². The summed E-state index contributed by atoms with van der Waals surface area (Å²) in [6.45, 7) is 1.17. The monoisotopic (exact) mass is 143 g/mol. The second kappa shape index (κ2) is 4.28. The molecule has 0 aromatic rings. The number of rotatable bonds is 5. The summed E-state index contributed by atoms with van der Waals surface area (Å²) in [7, 11) is 1.65. The van der Waals surface area contributed by atoms with Crippen molar-refractivity contribution in [3.8, 4) is 0 Å². The summed E-state index contributed by atoms with van der Waals surface area (Å²) in [6.07, 6.45) is 4.42. The van der Waals surface area contributed by atoms with Crippen LogP contribution in [0.4, 0.5) is 0 Å². The molecule has 1 aliphatic rings. The highest BCUT2D eigenvalue weighted by Gasteiger charge is 2.18. The minimum Gasteiger partial charge on any atom is -0.394 e. The van der Waals surface area contributed by atoms with Crippen LogP contribution in [0.25, 0.3) is 0 Å². The molecular formula is C7H13NO2. The lowest BCUT2D eigenvalue weighted by molar-refractivity contribution is 0.0755. The quantitative estimate of drug-likeness (QED) is 0.327. The van der Waals surface area contributed by atoms with Crippen LogP contribution in [0.5, 0.6) is 0 Å². The fourth-order valence-electron chi connectivity index (χ4n) is 0.548. The van der Waals surface area contributed by atoms with Crippen LogP contribution in [-0.4, -0.2) is 26.5 Å². The Hall–Kier alpha value is -0.570. The van der Waals surface area contributed by atoms with Crippen LogP contribution in [0, 0.1) is 5.92 Å². The van der Waals surface area contributed by atoms with E-state index in [2.05, 4.69) is 5.16 Å². The number of methoxy groups -OCH3 is 1. The molecule has 0 aliphatic heterocycles. The fraction of sp³-hybridized carbons (Fsp3) is 0.857. The largest absolute Gasteiger partial charge is 0.394 e. The molecule has 58 valence electrons. The van der Waals surface area contributed by atoms with Crippen molar-refractivity contribution in [3.05, 3.63) is 0 Å². The Morgan fingerprint density at radius 2 is 2.30 bits per heavy atom. The van der Waals surface area contributed by atoms with Crippen LogP contribution in [0.15, 0.2) is 5.16 Å². The minimum absolute atomic E-state index is 0.555. The number of hydrogen-bond acceptors (Lipinski definition) is 3. The van der Waals surface area contributed by atoms with Crippen molar-refractivity contribution in [2.75, 3.05) is 20.3 Å².